The second kappa shape index (κ2) is 5.58. The van der Waals surface area contributed by atoms with Gasteiger partial charge in [0, 0.05) is 25.2 Å². The quantitative estimate of drug-likeness (QED) is 0.868. The molecule has 0 saturated carbocycles. The number of aromatic nitrogens is 2. The summed E-state index contributed by atoms with van der Waals surface area (Å²) in [4.78, 5) is 22.8. The number of likely N-dealkylation sites (tertiary alicyclic amines) is 1. The van der Waals surface area contributed by atoms with Gasteiger partial charge in [-0.25, -0.2) is 9.97 Å². The Hall–Kier alpha value is -1.95. The van der Waals surface area contributed by atoms with Crippen LogP contribution in [-0.4, -0.2) is 40.0 Å². The zero-order valence-corrected chi connectivity index (χ0v) is 12.0. The first-order chi connectivity index (χ1) is 9.72. The molecule has 1 atom stereocenters. The number of rotatable bonds is 3. The van der Waals surface area contributed by atoms with E-state index in [9.17, 15) is 4.79 Å². The summed E-state index contributed by atoms with van der Waals surface area (Å²) in [6.07, 6.45) is 3.95. The van der Waals surface area contributed by atoms with Crippen molar-refractivity contribution in [1.82, 2.24) is 14.9 Å². The highest BCUT2D eigenvalue weighted by Gasteiger charge is 2.29. The predicted molar refractivity (Wildman–Crippen MR) is 76.0 cm³/mol. The van der Waals surface area contributed by atoms with Gasteiger partial charge in [0.1, 0.15) is 12.4 Å². The van der Waals surface area contributed by atoms with Crippen LogP contribution < -0.4 is 4.74 Å². The number of amides is 1. The summed E-state index contributed by atoms with van der Waals surface area (Å²) in [5, 5.41) is 2.00. The highest BCUT2D eigenvalue weighted by Crippen LogP contribution is 2.21. The summed E-state index contributed by atoms with van der Waals surface area (Å²) in [6.45, 7) is 3.34. The predicted octanol–water partition coefficient (Wildman–Crippen LogP) is 2.14. The van der Waals surface area contributed by atoms with Crippen molar-refractivity contribution in [2.45, 2.75) is 19.4 Å². The standard InChI is InChI=1S/C14H15N3O2S/c1-10-6-12(20-8-10)14(18)17-5-3-11(7-17)19-13-2-4-15-9-16-13/h2,4,6,8-9,11H,3,5,7H2,1H3/t11-/m1/s1. The van der Waals surface area contributed by atoms with E-state index >= 15 is 0 Å². The first-order valence-corrected chi connectivity index (χ1v) is 7.37. The summed E-state index contributed by atoms with van der Waals surface area (Å²) in [6, 6.07) is 3.67. The fraction of sp³-hybridized carbons (Fsp3) is 0.357. The van der Waals surface area contributed by atoms with Gasteiger partial charge in [0.25, 0.3) is 5.91 Å². The molecule has 20 heavy (non-hydrogen) atoms. The van der Waals surface area contributed by atoms with E-state index in [2.05, 4.69) is 9.97 Å². The third-order valence-electron chi connectivity index (χ3n) is 3.22. The number of hydrogen-bond acceptors (Lipinski definition) is 5. The zero-order valence-electron chi connectivity index (χ0n) is 11.2. The van der Waals surface area contributed by atoms with E-state index in [4.69, 9.17) is 4.74 Å². The molecular weight excluding hydrogens is 274 g/mol. The highest BCUT2D eigenvalue weighted by molar-refractivity contribution is 7.12. The van der Waals surface area contributed by atoms with Crippen molar-refractivity contribution in [2.75, 3.05) is 13.1 Å². The minimum atomic E-state index is 0.00918. The van der Waals surface area contributed by atoms with Crippen LogP contribution in [-0.2, 0) is 0 Å². The van der Waals surface area contributed by atoms with E-state index in [1.807, 2.05) is 23.3 Å². The largest absolute Gasteiger partial charge is 0.472 e. The van der Waals surface area contributed by atoms with Gasteiger partial charge in [-0.15, -0.1) is 11.3 Å². The Labute approximate surface area is 121 Å². The number of nitrogens with zero attached hydrogens (tertiary/aromatic N) is 3. The van der Waals surface area contributed by atoms with E-state index in [1.165, 1.54) is 17.7 Å². The van der Waals surface area contributed by atoms with Crippen LogP contribution in [0.25, 0.3) is 0 Å². The van der Waals surface area contributed by atoms with Crippen molar-refractivity contribution in [2.24, 2.45) is 0 Å². The van der Waals surface area contributed by atoms with Crippen molar-refractivity contribution in [1.29, 1.82) is 0 Å². The van der Waals surface area contributed by atoms with Crippen molar-refractivity contribution in [3.8, 4) is 5.88 Å². The Morgan fingerprint density at radius 2 is 2.45 bits per heavy atom. The number of aryl methyl sites for hydroxylation is 1. The van der Waals surface area contributed by atoms with Gasteiger partial charge in [-0.2, -0.15) is 0 Å². The van der Waals surface area contributed by atoms with Crippen molar-refractivity contribution in [3.05, 3.63) is 40.5 Å². The van der Waals surface area contributed by atoms with Crippen molar-refractivity contribution < 1.29 is 9.53 Å². The van der Waals surface area contributed by atoms with Gasteiger partial charge in [0.05, 0.1) is 11.4 Å². The minimum absolute atomic E-state index is 0.00918. The molecule has 104 valence electrons. The van der Waals surface area contributed by atoms with Gasteiger partial charge in [-0.3, -0.25) is 4.79 Å². The average Bonchev–Trinajstić information content (AvgIpc) is 3.08. The average molecular weight is 289 g/mol. The molecule has 0 unspecified atom stereocenters. The lowest BCUT2D eigenvalue weighted by Gasteiger charge is -2.16. The van der Waals surface area contributed by atoms with E-state index in [1.54, 1.807) is 12.3 Å². The molecule has 0 aliphatic carbocycles. The number of thiophene rings is 1. The summed E-state index contributed by atoms with van der Waals surface area (Å²) in [5.74, 6) is 0.656. The second-order valence-corrected chi connectivity index (χ2v) is 5.73. The van der Waals surface area contributed by atoms with E-state index in [-0.39, 0.29) is 12.0 Å². The molecule has 1 aliphatic heterocycles. The molecule has 0 N–H and O–H groups in total. The molecule has 0 radical (unpaired) electrons. The molecule has 2 aromatic heterocycles. The van der Waals surface area contributed by atoms with Crippen LogP contribution in [0.5, 0.6) is 5.88 Å². The Bertz CT molecular complexity index is 599. The fourth-order valence-electron chi connectivity index (χ4n) is 2.23. The molecule has 1 amide bonds. The third-order valence-corrected chi connectivity index (χ3v) is 4.25. The Morgan fingerprint density at radius 1 is 1.55 bits per heavy atom. The molecule has 6 heteroatoms. The summed E-state index contributed by atoms with van der Waals surface area (Å²) in [5.41, 5.74) is 1.13. The Morgan fingerprint density at radius 3 is 3.15 bits per heavy atom. The molecule has 1 aliphatic rings. The van der Waals surface area contributed by atoms with Crippen LogP contribution >= 0.6 is 11.3 Å². The normalized spacial score (nSPS) is 18.2. The Kier molecular flexibility index (Phi) is 3.64. The van der Waals surface area contributed by atoms with Crippen LogP contribution in [0, 0.1) is 6.92 Å². The summed E-state index contributed by atoms with van der Waals surface area (Å²) >= 11 is 1.50. The molecule has 0 aromatic carbocycles. The number of hydrogen-bond donors (Lipinski definition) is 0. The first-order valence-electron chi connectivity index (χ1n) is 6.49. The zero-order chi connectivity index (χ0) is 13.9. The van der Waals surface area contributed by atoms with Crippen LogP contribution in [0.1, 0.15) is 21.7 Å². The van der Waals surface area contributed by atoms with Gasteiger partial charge in [0.2, 0.25) is 5.88 Å². The molecule has 2 aromatic rings. The van der Waals surface area contributed by atoms with Crippen LogP contribution in [0.2, 0.25) is 0 Å². The lowest BCUT2D eigenvalue weighted by atomic mass is 10.3. The van der Waals surface area contributed by atoms with Gasteiger partial charge >= 0.3 is 0 Å². The summed E-state index contributed by atoms with van der Waals surface area (Å²) in [7, 11) is 0. The Balaban J connectivity index is 1.61. The van der Waals surface area contributed by atoms with Gasteiger partial charge in [0.15, 0.2) is 0 Å². The number of ether oxygens (including phenoxy) is 1. The maximum absolute atomic E-state index is 12.3. The fourth-order valence-corrected chi connectivity index (χ4v) is 3.09. The topological polar surface area (TPSA) is 55.3 Å². The van der Waals surface area contributed by atoms with Gasteiger partial charge in [-0.1, -0.05) is 0 Å². The molecule has 0 bridgehead atoms. The maximum atomic E-state index is 12.3. The van der Waals surface area contributed by atoms with Crippen LogP contribution in [0.4, 0.5) is 0 Å². The van der Waals surface area contributed by atoms with Crippen LogP contribution in [0.3, 0.4) is 0 Å². The highest BCUT2D eigenvalue weighted by atomic mass is 32.1. The molecule has 3 rings (SSSR count). The third kappa shape index (κ3) is 2.80. The van der Waals surface area contributed by atoms with E-state index in [0.29, 0.717) is 12.4 Å². The molecule has 1 fully saturated rings. The van der Waals surface area contributed by atoms with Gasteiger partial charge < -0.3 is 9.64 Å². The van der Waals surface area contributed by atoms with Crippen molar-refractivity contribution in [3.63, 3.8) is 0 Å². The maximum Gasteiger partial charge on any atom is 0.264 e. The molecular formula is C14H15N3O2S. The monoisotopic (exact) mass is 289 g/mol. The van der Waals surface area contributed by atoms with Crippen LogP contribution in [0.15, 0.2) is 30.0 Å². The number of carbonyl (C=O) groups excluding carboxylic acids is 1. The molecule has 0 spiro atoms. The van der Waals surface area contributed by atoms with E-state index < -0.39 is 0 Å². The second-order valence-electron chi connectivity index (χ2n) is 4.82. The first kappa shape index (κ1) is 13.1. The summed E-state index contributed by atoms with van der Waals surface area (Å²) < 4.78 is 5.76. The lowest BCUT2D eigenvalue weighted by molar-refractivity contribution is 0.0776. The molecule has 1 saturated heterocycles. The smallest absolute Gasteiger partial charge is 0.264 e. The SMILES string of the molecule is Cc1csc(C(=O)N2CC[C@@H](Oc3ccncn3)C2)c1. The minimum Gasteiger partial charge on any atom is -0.472 e. The number of carbonyl (C=O) groups is 1. The lowest BCUT2D eigenvalue weighted by Crippen LogP contribution is -2.30. The van der Waals surface area contributed by atoms with Gasteiger partial charge in [-0.05, 0) is 23.9 Å². The van der Waals surface area contributed by atoms with E-state index in [0.717, 1.165) is 23.4 Å². The molecule has 5 nitrogen and oxygen atoms in total. The molecule has 3 heterocycles. The van der Waals surface area contributed by atoms with Crippen molar-refractivity contribution >= 4 is 17.2 Å².